The van der Waals surface area contributed by atoms with E-state index >= 15 is 4.79 Å². The van der Waals surface area contributed by atoms with E-state index in [1.54, 1.807) is 0 Å². The smallest absolute Gasteiger partial charge is 0.263 e. The SMILES string of the molecule is CC1(C)c2ccccc2-c2cc3c4cc(-c5cc6c7ccccc7c(=O)n7c8c9c(ccc8c(c5)c67)C5(c6ccccc6-c6ccccc65)c5ccccc5-9)ccc4n(-c4ccccc4)c3cc21. The fourth-order valence-corrected chi connectivity index (χ4v) is 13.7. The van der Waals surface area contributed by atoms with Gasteiger partial charge in [-0.1, -0.05) is 166 Å². The van der Waals surface area contributed by atoms with Gasteiger partial charge in [0, 0.05) is 49.0 Å². The number of hydrogen-bond acceptors (Lipinski definition) is 1. The van der Waals surface area contributed by atoms with Crippen molar-refractivity contribution in [3.05, 3.63) is 250 Å². The summed E-state index contributed by atoms with van der Waals surface area (Å²) >= 11 is 0. The maximum atomic E-state index is 15.3. The van der Waals surface area contributed by atoms with Crippen molar-refractivity contribution in [2.24, 2.45) is 0 Å². The van der Waals surface area contributed by atoms with E-state index in [2.05, 4.69) is 217 Å². The van der Waals surface area contributed by atoms with Gasteiger partial charge in [-0.3, -0.25) is 9.20 Å². The predicted molar refractivity (Wildman–Crippen MR) is 281 cm³/mol. The Labute approximate surface area is 391 Å². The first-order valence-electron chi connectivity index (χ1n) is 23.8. The third kappa shape index (κ3) is 4.22. The van der Waals surface area contributed by atoms with Crippen LogP contribution in [-0.2, 0) is 10.8 Å². The molecule has 1 spiro atoms. The summed E-state index contributed by atoms with van der Waals surface area (Å²) in [7, 11) is 0. The normalized spacial score (nSPS) is 14.6. The number of hydrogen-bond donors (Lipinski definition) is 0. The molecule has 0 unspecified atom stereocenters. The lowest BCUT2D eigenvalue weighted by Gasteiger charge is -2.30. The first-order valence-corrected chi connectivity index (χ1v) is 23.8. The minimum Gasteiger partial charge on any atom is -0.309 e. The molecule has 0 radical (unpaired) electrons. The molecule has 3 heterocycles. The van der Waals surface area contributed by atoms with E-state index in [0.717, 1.165) is 60.3 Å². The van der Waals surface area contributed by atoms with Crippen LogP contribution in [-0.4, -0.2) is 8.97 Å². The van der Waals surface area contributed by atoms with E-state index in [1.165, 1.54) is 83.0 Å². The quantitative estimate of drug-likeness (QED) is 0.159. The van der Waals surface area contributed by atoms with Crippen molar-refractivity contribution in [3.8, 4) is 50.2 Å². The van der Waals surface area contributed by atoms with Gasteiger partial charge >= 0.3 is 0 Å². The number of aromatic nitrogens is 2. The van der Waals surface area contributed by atoms with Crippen molar-refractivity contribution in [1.29, 1.82) is 0 Å². The van der Waals surface area contributed by atoms with Gasteiger partial charge < -0.3 is 4.57 Å². The summed E-state index contributed by atoms with van der Waals surface area (Å²) in [6.07, 6.45) is 0. The van der Waals surface area contributed by atoms with Gasteiger partial charge in [-0.2, -0.15) is 0 Å². The average Bonchev–Trinajstić information content (AvgIpc) is 4.14. The summed E-state index contributed by atoms with van der Waals surface area (Å²) in [5.41, 5.74) is 22.5. The molecule has 316 valence electrons. The molecule has 68 heavy (non-hydrogen) atoms. The van der Waals surface area contributed by atoms with Gasteiger partial charge in [-0.15, -0.1) is 0 Å². The van der Waals surface area contributed by atoms with Crippen LogP contribution >= 0.6 is 0 Å². The van der Waals surface area contributed by atoms with Crippen molar-refractivity contribution in [3.63, 3.8) is 0 Å². The third-order valence-electron chi connectivity index (χ3n) is 16.4. The van der Waals surface area contributed by atoms with Crippen LogP contribution in [0.3, 0.4) is 0 Å². The van der Waals surface area contributed by atoms with Crippen LogP contribution in [0.1, 0.15) is 47.2 Å². The molecule has 13 aromatic rings. The van der Waals surface area contributed by atoms with E-state index in [-0.39, 0.29) is 11.0 Å². The van der Waals surface area contributed by atoms with Gasteiger partial charge in [0.2, 0.25) is 0 Å². The average molecular weight is 865 g/mol. The number of nitrogens with zero attached hydrogens (tertiary/aromatic N) is 2. The Morgan fingerprint density at radius 1 is 0.353 bits per heavy atom. The van der Waals surface area contributed by atoms with Gasteiger partial charge in [0.15, 0.2) is 0 Å². The molecular formula is C65H40N2O. The molecule has 0 fully saturated rings. The van der Waals surface area contributed by atoms with E-state index in [9.17, 15) is 0 Å². The van der Waals surface area contributed by atoms with E-state index in [0.29, 0.717) is 0 Å². The Kier molecular flexibility index (Phi) is 6.72. The molecule has 0 saturated heterocycles. The first-order chi connectivity index (χ1) is 33.4. The second-order valence-corrected chi connectivity index (χ2v) is 19.9. The molecular weight excluding hydrogens is 825 g/mol. The Morgan fingerprint density at radius 3 is 1.63 bits per heavy atom. The van der Waals surface area contributed by atoms with Gasteiger partial charge in [0.25, 0.3) is 5.56 Å². The Bertz CT molecular complexity index is 4440. The van der Waals surface area contributed by atoms with Crippen LogP contribution < -0.4 is 5.56 Å². The summed E-state index contributed by atoms with van der Waals surface area (Å²) in [6.45, 7) is 4.72. The molecule has 16 rings (SSSR count). The maximum absolute atomic E-state index is 15.3. The van der Waals surface area contributed by atoms with Gasteiger partial charge in [0.05, 0.1) is 27.5 Å². The zero-order valence-corrected chi connectivity index (χ0v) is 37.4. The first kappa shape index (κ1) is 36.7. The Hall–Kier alpha value is -8.53. The minimum atomic E-state index is -0.514. The second-order valence-electron chi connectivity index (χ2n) is 19.9. The lowest BCUT2D eigenvalue weighted by Crippen LogP contribution is -2.25. The van der Waals surface area contributed by atoms with Crippen molar-refractivity contribution in [2.75, 3.05) is 0 Å². The molecule has 0 N–H and O–H groups in total. The molecule has 3 nitrogen and oxygen atoms in total. The molecule has 3 aliphatic carbocycles. The summed E-state index contributed by atoms with van der Waals surface area (Å²) in [5, 5.41) is 7.43. The molecule has 3 aromatic heterocycles. The highest BCUT2D eigenvalue weighted by atomic mass is 16.1. The number of benzene rings is 10. The third-order valence-corrected chi connectivity index (χ3v) is 16.4. The molecule has 10 aromatic carbocycles. The maximum Gasteiger partial charge on any atom is 0.263 e. The summed E-state index contributed by atoms with van der Waals surface area (Å²) in [5.74, 6) is 0. The number of fused-ring (bicyclic) bond motifs is 22. The summed E-state index contributed by atoms with van der Waals surface area (Å²) in [6, 6.07) is 76.0. The Balaban J connectivity index is 1.01. The fraction of sp³-hybridized carbons (Fsp3) is 0.0615. The van der Waals surface area contributed by atoms with Crippen LogP contribution in [0.2, 0.25) is 0 Å². The van der Waals surface area contributed by atoms with Crippen LogP contribution in [0, 0.1) is 0 Å². The number of para-hydroxylation sites is 1. The van der Waals surface area contributed by atoms with Gasteiger partial charge in [0.1, 0.15) is 0 Å². The van der Waals surface area contributed by atoms with Gasteiger partial charge in [-0.05, 0) is 132 Å². The second kappa shape index (κ2) is 12.5. The van der Waals surface area contributed by atoms with Crippen molar-refractivity contribution >= 4 is 59.8 Å². The highest BCUT2D eigenvalue weighted by Crippen LogP contribution is 2.64. The largest absolute Gasteiger partial charge is 0.309 e. The van der Waals surface area contributed by atoms with Gasteiger partial charge in [-0.25, -0.2) is 0 Å². The van der Waals surface area contributed by atoms with Crippen LogP contribution in [0.25, 0.3) is 110 Å². The van der Waals surface area contributed by atoms with Crippen LogP contribution in [0.4, 0.5) is 0 Å². The zero-order valence-electron chi connectivity index (χ0n) is 37.4. The van der Waals surface area contributed by atoms with Crippen molar-refractivity contribution in [2.45, 2.75) is 24.7 Å². The molecule has 0 aliphatic heterocycles. The van der Waals surface area contributed by atoms with Crippen molar-refractivity contribution < 1.29 is 0 Å². The Morgan fingerprint density at radius 2 is 0.912 bits per heavy atom. The molecule has 0 atom stereocenters. The fourth-order valence-electron chi connectivity index (χ4n) is 13.7. The zero-order chi connectivity index (χ0) is 44.8. The molecule has 3 heteroatoms. The standard InChI is InChI=1S/C65H40N2O/c1-64(2)52-24-12-8-21-43(52)47-35-49-48-32-37(28-31-58(48)66(59(49)36-57(47)64)39-16-4-3-5-17-39)38-33-50-40-18-6-7-22-45(40)63(68)67-61(50)51(34-38)44-29-30-56-60(62(44)67)46-23-11-15-27-55(46)65(56)53-25-13-9-19-41(53)42-20-10-14-26-54(42)65/h3-36H,1-2H3. The highest BCUT2D eigenvalue weighted by Gasteiger charge is 2.52. The van der Waals surface area contributed by atoms with Crippen LogP contribution in [0.5, 0.6) is 0 Å². The number of rotatable bonds is 2. The summed E-state index contributed by atoms with van der Waals surface area (Å²) in [4.78, 5) is 15.3. The predicted octanol–water partition coefficient (Wildman–Crippen LogP) is 15.6. The lowest BCUT2D eigenvalue weighted by atomic mass is 9.70. The topological polar surface area (TPSA) is 26.4 Å². The van der Waals surface area contributed by atoms with E-state index in [1.807, 2.05) is 12.1 Å². The van der Waals surface area contributed by atoms with E-state index < -0.39 is 5.41 Å². The monoisotopic (exact) mass is 864 g/mol. The molecule has 0 saturated carbocycles. The molecule has 3 aliphatic rings. The van der Waals surface area contributed by atoms with Crippen LogP contribution in [0.15, 0.2) is 211 Å². The minimum absolute atomic E-state index is 0.0207. The van der Waals surface area contributed by atoms with Crippen molar-refractivity contribution in [1.82, 2.24) is 8.97 Å². The highest BCUT2D eigenvalue weighted by molar-refractivity contribution is 6.25. The lowest BCUT2D eigenvalue weighted by molar-refractivity contribution is 0.661. The summed E-state index contributed by atoms with van der Waals surface area (Å²) < 4.78 is 4.52. The van der Waals surface area contributed by atoms with E-state index in [4.69, 9.17) is 0 Å². The number of pyridine rings is 1. The molecule has 0 amide bonds. The molecule has 0 bridgehead atoms.